The first kappa shape index (κ1) is 70.9. The van der Waals surface area contributed by atoms with Crippen LogP contribution < -0.4 is 15.4 Å². The molecule has 1 atom stereocenters. The molecule has 0 fully saturated rings. The molecule has 2 aromatic rings. The number of aliphatic hydroxyl groups is 1. The van der Waals surface area contributed by atoms with Crippen LogP contribution >= 0.6 is 11.6 Å². The average Bonchev–Trinajstić information content (AvgIpc) is 4.24. The standard InChI is InChI=1S/C30H44N4O7.C27H48ClNO10/c1-3-38-19-20-39-21-22-40-29(37)31-16-18-34(17-15-30(2)32-33-30)28(36)14-7-5-11-25(35)23-41-27-13-8-10-24-9-4-6-12-26(24)27;1-2-10-25(30)37-16-7-8-17-39-27(32)29-13-18-35-21-22-36-23-24-38-26(31)11-9-15-34-20-19-33-14-6-4-3-5-12-28/h4,6,8-10,12-13,25,35H,3,5,7,11,14-23H2,1-2H3,(H,31,37);7-8H,2-6,9-24H2,1H3,(H,29,32)/b;8-7+/t25-;/m0./s1. The zero-order valence-electron chi connectivity index (χ0n) is 47.7. The summed E-state index contributed by atoms with van der Waals surface area (Å²) in [5.41, 5.74) is -0.415. The van der Waals surface area contributed by atoms with Crippen molar-refractivity contribution in [3.8, 4) is 5.75 Å². The molecule has 23 heteroatoms. The van der Waals surface area contributed by atoms with Crippen LogP contribution in [0.5, 0.6) is 5.75 Å². The zero-order valence-corrected chi connectivity index (χ0v) is 48.5. The number of esters is 2. The van der Waals surface area contributed by atoms with Gasteiger partial charge in [-0.1, -0.05) is 62.6 Å². The van der Waals surface area contributed by atoms with Gasteiger partial charge >= 0.3 is 24.1 Å². The second kappa shape index (κ2) is 48.5. The summed E-state index contributed by atoms with van der Waals surface area (Å²) in [6, 6.07) is 13.8. The van der Waals surface area contributed by atoms with Gasteiger partial charge < -0.3 is 72.7 Å². The van der Waals surface area contributed by atoms with Crippen LogP contribution in [-0.2, 0) is 61.8 Å². The summed E-state index contributed by atoms with van der Waals surface area (Å²) in [6.07, 6.45) is 10.7. The van der Waals surface area contributed by atoms with E-state index in [0.717, 1.165) is 61.1 Å². The van der Waals surface area contributed by atoms with E-state index in [0.29, 0.717) is 137 Å². The zero-order chi connectivity index (χ0) is 58.0. The first-order valence-electron chi connectivity index (χ1n) is 28.3. The van der Waals surface area contributed by atoms with Gasteiger partial charge in [-0.15, -0.1) is 11.6 Å². The smallest absolute Gasteiger partial charge is 0.407 e. The summed E-state index contributed by atoms with van der Waals surface area (Å²) >= 11 is 5.63. The van der Waals surface area contributed by atoms with E-state index in [1.165, 1.54) is 0 Å². The van der Waals surface area contributed by atoms with Crippen molar-refractivity contribution >= 4 is 52.4 Å². The minimum absolute atomic E-state index is 0.00592. The highest BCUT2D eigenvalue weighted by molar-refractivity contribution is 6.17. The molecule has 0 aromatic heterocycles. The van der Waals surface area contributed by atoms with E-state index in [1.54, 1.807) is 17.1 Å². The van der Waals surface area contributed by atoms with E-state index in [4.69, 9.17) is 63.7 Å². The number of benzene rings is 2. The topological polar surface area (TPSA) is 259 Å². The summed E-state index contributed by atoms with van der Waals surface area (Å²) in [5, 5.41) is 25.8. The molecule has 3 amide bonds. The monoisotopic (exact) mass is 1150 g/mol. The molecule has 1 aliphatic heterocycles. The van der Waals surface area contributed by atoms with Crippen LogP contribution in [0.25, 0.3) is 10.8 Å². The lowest BCUT2D eigenvalue weighted by Gasteiger charge is -2.23. The number of nitrogens with zero attached hydrogens (tertiary/aromatic N) is 3. The van der Waals surface area contributed by atoms with E-state index in [-0.39, 0.29) is 64.0 Å². The average molecular weight is 1150 g/mol. The largest absolute Gasteiger partial charge is 0.490 e. The lowest BCUT2D eigenvalue weighted by atomic mass is 10.1. The number of amides is 3. The maximum atomic E-state index is 13.0. The second-order valence-corrected chi connectivity index (χ2v) is 18.8. The third-order valence-electron chi connectivity index (χ3n) is 11.6. The molecule has 22 nitrogen and oxygen atoms in total. The number of fused-ring (bicyclic) bond motifs is 1. The lowest BCUT2D eigenvalue weighted by Crippen LogP contribution is -2.40. The highest BCUT2D eigenvalue weighted by atomic mass is 35.5. The first-order chi connectivity index (χ1) is 39.0. The minimum Gasteiger partial charge on any atom is -0.490 e. The maximum absolute atomic E-state index is 13.0. The predicted octanol–water partition coefficient (Wildman–Crippen LogP) is 8.12. The number of ether oxygens (including phenoxy) is 11. The fourth-order valence-corrected chi connectivity index (χ4v) is 7.24. The van der Waals surface area contributed by atoms with Gasteiger partial charge in [0.05, 0.1) is 65.6 Å². The van der Waals surface area contributed by atoms with E-state index >= 15 is 0 Å². The Kier molecular flexibility index (Phi) is 43.0. The van der Waals surface area contributed by atoms with Gasteiger partial charge in [0.1, 0.15) is 38.8 Å². The Labute approximate surface area is 478 Å². The van der Waals surface area contributed by atoms with Crippen LogP contribution in [0.4, 0.5) is 9.59 Å². The Balaban J connectivity index is 0.000000548. The van der Waals surface area contributed by atoms with Crippen LogP contribution in [0.3, 0.4) is 0 Å². The number of hydrogen-bond acceptors (Lipinski definition) is 19. The van der Waals surface area contributed by atoms with Gasteiger partial charge in [-0.25, -0.2) is 9.59 Å². The molecule has 1 aliphatic rings. The number of unbranched alkanes of at least 4 members (excludes halogenated alkanes) is 4. The summed E-state index contributed by atoms with van der Waals surface area (Å²) in [6.45, 7) is 13.4. The fraction of sp³-hybridized carbons (Fsp3) is 0.702. The van der Waals surface area contributed by atoms with Gasteiger partial charge in [-0.05, 0) is 76.0 Å². The van der Waals surface area contributed by atoms with Crippen molar-refractivity contribution in [3.63, 3.8) is 0 Å². The molecule has 454 valence electrons. The van der Waals surface area contributed by atoms with Crippen LogP contribution in [0, 0.1) is 0 Å². The summed E-state index contributed by atoms with van der Waals surface area (Å²) < 4.78 is 58.1. The summed E-state index contributed by atoms with van der Waals surface area (Å²) in [4.78, 5) is 61.0. The maximum Gasteiger partial charge on any atom is 0.407 e. The molecular weight excluding hydrogens is 1060 g/mol. The van der Waals surface area contributed by atoms with Gasteiger partial charge in [-0.2, -0.15) is 10.2 Å². The van der Waals surface area contributed by atoms with Crippen LogP contribution in [0.1, 0.15) is 104 Å². The number of rotatable bonds is 49. The molecular formula is C57H92ClN5O17. The molecule has 0 saturated carbocycles. The fourth-order valence-electron chi connectivity index (χ4n) is 7.05. The van der Waals surface area contributed by atoms with Crippen molar-refractivity contribution in [2.45, 2.75) is 116 Å². The predicted molar refractivity (Wildman–Crippen MR) is 302 cm³/mol. The first-order valence-corrected chi connectivity index (χ1v) is 28.8. The molecule has 1 heterocycles. The van der Waals surface area contributed by atoms with Gasteiger partial charge in [0.25, 0.3) is 0 Å². The minimum atomic E-state index is -0.622. The van der Waals surface area contributed by atoms with Gasteiger partial charge in [0.2, 0.25) is 5.91 Å². The quantitative estimate of drug-likeness (QED) is 0.0186. The molecule has 80 heavy (non-hydrogen) atoms. The number of halogens is 1. The van der Waals surface area contributed by atoms with Crippen LogP contribution in [0.2, 0.25) is 0 Å². The van der Waals surface area contributed by atoms with Crippen LogP contribution in [0.15, 0.2) is 64.8 Å². The number of carbonyl (C=O) groups is 5. The Morgan fingerprint density at radius 2 is 1.21 bits per heavy atom. The van der Waals surface area contributed by atoms with Crippen molar-refractivity contribution in [1.82, 2.24) is 15.5 Å². The number of alkyl carbamates (subject to hydrolysis) is 2. The van der Waals surface area contributed by atoms with Crippen molar-refractivity contribution in [3.05, 3.63) is 54.6 Å². The summed E-state index contributed by atoms with van der Waals surface area (Å²) in [7, 11) is 0. The van der Waals surface area contributed by atoms with Gasteiger partial charge in [0, 0.05) is 82.9 Å². The Hall–Kier alpha value is -5.20. The van der Waals surface area contributed by atoms with E-state index in [9.17, 15) is 29.1 Å². The van der Waals surface area contributed by atoms with E-state index < -0.39 is 24.0 Å². The molecule has 0 spiro atoms. The summed E-state index contributed by atoms with van der Waals surface area (Å²) in [5.74, 6) is 0.931. The lowest BCUT2D eigenvalue weighted by molar-refractivity contribution is -0.146. The molecule has 0 unspecified atom stereocenters. The Morgan fingerprint density at radius 1 is 0.613 bits per heavy atom. The van der Waals surface area contributed by atoms with Gasteiger partial charge in [0.15, 0.2) is 5.66 Å². The number of carbonyl (C=O) groups excluding carboxylic acids is 5. The number of alkyl halides is 1. The number of nitrogens with one attached hydrogen (secondary N) is 2. The Morgan fingerprint density at radius 3 is 1.93 bits per heavy atom. The number of aliphatic hydroxyl groups excluding tert-OH is 1. The molecule has 0 aliphatic carbocycles. The van der Waals surface area contributed by atoms with Crippen molar-refractivity contribution in [2.75, 3.05) is 144 Å². The normalized spacial score (nSPS) is 12.6. The van der Waals surface area contributed by atoms with Crippen molar-refractivity contribution < 1.29 is 81.2 Å². The number of hydrogen-bond donors (Lipinski definition) is 3. The second-order valence-electron chi connectivity index (χ2n) is 18.4. The Bertz CT molecular complexity index is 1990. The molecule has 0 radical (unpaired) electrons. The van der Waals surface area contributed by atoms with Gasteiger partial charge in [-0.3, -0.25) is 14.4 Å². The van der Waals surface area contributed by atoms with E-state index in [2.05, 4.69) is 20.9 Å². The highest BCUT2D eigenvalue weighted by Crippen LogP contribution is 2.31. The molecule has 2 aromatic carbocycles. The molecule has 0 bridgehead atoms. The third-order valence-corrected chi connectivity index (χ3v) is 11.8. The van der Waals surface area contributed by atoms with Crippen molar-refractivity contribution in [2.24, 2.45) is 10.2 Å². The van der Waals surface area contributed by atoms with Crippen molar-refractivity contribution in [1.29, 1.82) is 0 Å². The molecule has 0 saturated heterocycles. The third kappa shape index (κ3) is 40.1. The highest BCUT2D eigenvalue weighted by Gasteiger charge is 2.34. The van der Waals surface area contributed by atoms with Crippen LogP contribution in [-0.4, -0.2) is 196 Å². The molecule has 3 rings (SSSR count). The van der Waals surface area contributed by atoms with E-state index in [1.807, 2.05) is 63.2 Å². The SMILES string of the molecule is CCCC(=O)OC/C=C/COC(=O)NCCOCCOCCOC(=O)CCCOCCOCCCCCCCl.CCOCCOCCOC(=O)NCCN(CCC1(C)N=N1)C(=O)CCCC[C@H](O)COc1cccc2ccccc12. The molecule has 3 N–H and O–H groups in total.